The molecule has 2 heterocycles. The second kappa shape index (κ2) is 13.0. The van der Waals surface area contributed by atoms with Crippen molar-refractivity contribution in [1.29, 1.82) is 0 Å². The highest BCUT2D eigenvalue weighted by Crippen LogP contribution is 2.35. The summed E-state index contributed by atoms with van der Waals surface area (Å²) in [4.78, 5) is 45.4. The number of carbonyl (C=O) groups is 3. The van der Waals surface area contributed by atoms with Crippen LogP contribution in [-0.2, 0) is 25.5 Å². The average Bonchev–Trinajstić information content (AvgIpc) is 3.32. The van der Waals surface area contributed by atoms with Gasteiger partial charge in [0.2, 0.25) is 11.8 Å². The standard InChI is InChI=1S/C29H41N3O5/c1-3-37-29(35)20-31(17-15-22-19-30-25-14-13-23(36-2)18-24(22)25)27(33)11-6-12-28(34)32-16-7-9-21-8-4-5-10-26(21)32/h13-14,18-19,21,26,30H,3-12,15-17,20H2,1-2H3. The summed E-state index contributed by atoms with van der Waals surface area (Å²) in [6.07, 6.45) is 10.8. The number of nitrogens with zero attached hydrogens (tertiary/aromatic N) is 2. The minimum absolute atomic E-state index is 0.0812. The van der Waals surface area contributed by atoms with Crippen LogP contribution in [-0.4, -0.2) is 72.0 Å². The van der Waals surface area contributed by atoms with Crippen molar-refractivity contribution < 1.29 is 23.9 Å². The molecule has 1 N–H and O–H groups in total. The number of rotatable bonds is 11. The van der Waals surface area contributed by atoms with Crippen LogP contribution in [0.2, 0.25) is 0 Å². The minimum Gasteiger partial charge on any atom is -0.497 e. The van der Waals surface area contributed by atoms with E-state index in [1.54, 1.807) is 18.9 Å². The van der Waals surface area contributed by atoms with Gasteiger partial charge in [0.25, 0.3) is 0 Å². The Balaban J connectivity index is 1.33. The summed E-state index contributed by atoms with van der Waals surface area (Å²) in [6, 6.07) is 6.23. The van der Waals surface area contributed by atoms with Gasteiger partial charge in [-0.25, -0.2) is 0 Å². The third-order valence-electron chi connectivity index (χ3n) is 7.95. The predicted octanol–water partition coefficient (Wildman–Crippen LogP) is 4.46. The minimum atomic E-state index is -0.413. The Morgan fingerprint density at radius 2 is 1.92 bits per heavy atom. The molecule has 2 atom stereocenters. The van der Waals surface area contributed by atoms with Gasteiger partial charge in [0.15, 0.2) is 0 Å². The fraction of sp³-hybridized carbons (Fsp3) is 0.621. The molecule has 1 aliphatic heterocycles. The molecule has 1 saturated heterocycles. The Morgan fingerprint density at radius 1 is 1.11 bits per heavy atom. The molecule has 1 aromatic carbocycles. The van der Waals surface area contributed by atoms with Gasteiger partial charge in [-0.15, -0.1) is 0 Å². The Hall–Kier alpha value is -3.03. The summed E-state index contributed by atoms with van der Waals surface area (Å²) in [6.45, 7) is 3.19. The normalized spacial score (nSPS) is 19.4. The molecular formula is C29H41N3O5. The summed E-state index contributed by atoms with van der Waals surface area (Å²) in [5.74, 6) is 1.06. The number of carbonyl (C=O) groups excluding carboxylic acids is 3. The lowest BCUT2D eigenvalue weighted by atomic mass is 9.78. The number of nitrogens with one attached hydrogen (secondary N) is 1. The Morgan fingerprint density at radius 3 is 2.73 bits per heavy atom. The Bertz CT molecular complexity index is 1080. The first-order chi connectivity index (χ1) is 18.0. The lowest BCUT2D eigenvalue weighted by Crippen LogP contribution is -2.49. The van der Waals surface area contributed by atoms with E-state index in [1.165, 1.54) is 25.7 Å². The number of piperidine rings is 1. The number of esters is 1. The van der Waals surface area contributed by atoms with E-state index in [0.717, 1.165) is 41.6 Å². The molecule has 202 valence electrons. The van der Waals surface area contributed by atoms with E-state index in [4.69, 9.17) is 9.47 Å². The van der Waals surface area contributed by atoms with E-state index in [1.807, 2.05) is 24.4 Å². The van der Waals surface area contributed by atoms with Gasteiger partial charge in [-0.1, -0.05) is 12.8 Å². The third kappa shape index (κ3) is 6.84. The highest BCUT2D eigenvalue weighted by molar-refractivity contribution is 5.85. The molecule has 37 heavy (non-hydrogen) atoms. The summed E-state index contributed by atoms with van der Waals surface area (Å²) in [7, 11) is 1.64. The number of fused-ring (bicyclic) bond motifs is 2. The zero-order valence-electron chi connectivity index (χ0n) is 22.3. The first-order valence-corrected chi connectivity index (χ1v) is 13.9. The van der Waals surface area contributed by atoms with Gasteiger partial charge in [-0.2, -0.15) is 0 Å². The van der Waals surface area contributed by atoms with Crippen LogP contribution in [0.25, 0.3) is 10.9 Å². The molecule has 1 aromatic heterocycles. The van der Waals surface area contributed by atoms with Crippen molar-refractivity contribution in [1.82, 2.24) is 14.8 Å². The van der Waals surface area contributed by atoms with E-state index in [9.17, 15) is 14.4 Å². The largest absolute Gasteiger partial charge is 0.497 e. The number of likely N-dealkylation sites (tertiary alicyclic amines) is 1. The van der Waals surface area contributed by atoms with Crippen molar-refractivity contribution in [3.8, 4) is 5.75 Å². The molecule has 2 aliphatic rings. The first kappa shape index (κ1) is 27.0. The van der Waals surface area contributed by atoms with E-state index in [0.29, 0.717) is 37.8 Å². The number of aromatic amines is 1. The van der Waals surface area contributed by atoms with Crippen LogP contribution in [0.4, 0.5) is 0 Å². The number of ether oxygens (including phenoxy) is 2. The van der Waals surface area contributed by atoms with Crippen LogP contribution in [0.5, 0.6) is 5.75 Å². The highest BCUT2D eigenvalue weighted by Gasteiger charge is 2.35. The molecule has 2 unspecified atom stereocenters. The molecule has 8 heteroatoms. The van der Waals surface area contributed by atoms with Crippen molar-refractivity contribution in [3.05, 3.63) is 30.0 Å². The quantitative estimate of drug-likeness (QED) is 0.450. The van der Waals surface area contributed by atoms with Crippen LogP contribution >= 0.6 is 0 Å². The van der Waals surface area contributed by atoms with Crippen LogP contribution < -0.4 is 4.74 Å². The fourth-order valence-electron chi connectivity index (χ4n) is 6.03. The second-order valence-corrected chi connectivity index (χ2v) is 10.3. The highest BCUT2D eigenvalue weighted by atomic mass is 16.5. The lowest BCUT2D eigenvalue weighted by molar-refractivity contribution is -0.149. The maximum Gasteiger partial charge on any atom is 0.325 e. The molecule has 1 saturated carbocycles. The topological polar surface area (TPSA) is 91.9 Å². The Kier molecular flexibility index (Phi) is 9.47. The van der Waals surface area contributed by atoms with Crippen molar-refractivity contribution in [2.75, 3.05) is 33.4 Å². The number of benzene rings is 1. The number of hydrogen-bond acceptors (Lipinski definition) is 5. The number of aromatic nitrogens is 1. The predicted molar refractivity (Wildman–Crippen MR) is 142 cm³/mol. The van der Waals surface area contributed by atoms with E-state index in [2.05, 4.69) is 9.88 Å². The molecule has 4 rings (SSSR count). The summed E-state index contributed by atoms with van der Waals surface area (Å²) >= 11 is 0. The molecule has 0 bridgehead atoms. The van der Waals surface area contributed by atoms with Gasteiger partial charge in [-0.3, -0.25) is 14.4 Å². The second-order valence-electron chi connectivity index (χ2n) is 10.3. The zero-order valence-corrected chi connectivity index (χ0v) is 22.3. The first-order valence-electron chi connectivity index (χ1n) is 13.9. The monoisotopic (exact) mass is 511 g/mol. The van der Waals surface area contributed by atoms with Gasteiger partial charge in [0.05, 0.1) is 13.7 Å². The molecular weight excluding hydrogens is 470 g/mol. The van der Waals surface area contributed by atoms with Gasteiger partial charge >= 0.3 is 5.97 Å². The smallest absolute Gasteiger partial charge is 0.325 e. The van der Waals surface area contributed by atoms with E-state index < -0.39 is 5.97 Å². The third-order valence-corrected chi connectivity index (χ3v) is 7.95. The summed E-state index contributed by atoms with van der Waals surface area (Å²) in [5.41, 5.74) is 2.05. The number of amides is 2. The fourth-order valence-corrected chi connectivity index (χ4v) is 6.03. The number of H-pyrrole nitrogens is 1. The SMILES string of the molecule is CCOC(=O)CN(CCc1c[nH]c2ccc(OC)cc12)C(=O)CCCC(=O)N1CCCC2CCCCC21. The summed E-state index contributed by atoms with van der Waals surface area (Å²) < 4.78 is 10.5. The number of methoxy groups -OCH3 is 1. The molecule has 0 radical (unpaired) electrons. The van der Waals surface area contributed by atoms with Gasteiger partial charge in [0, 0.05) is 49.1 Å². The maximum absolute atomic E-state index is 13.2. The average molecular weight is 512 g/mol. The van der Waals surface area contributed by atoms with E-state index in [-0.39, 0.29) is 31.4 Å². The van der Waals surface area contributed by atoms with Crippen molar-refractivity contribution in [3.63, 3.8) is 0 Å². The summed E-state index contributed by atoms with van der Waals surface area (Å²) in [5, 5.41) is 1.04. The van der Waals surface area contributed by atoms with Gasteiger partial charge in [-0.05, 0) is 75.1 Å². The molecule has 2 amide bonds. The maximum atomic E-state index is 13.2. The van der Waals surface area contributed by atoms with Crippen molar-refractivity contribution >= 4 is 28.7 Å². The van der Waals surface area contributed by atoms with Gasteiger partial charge in [0.1, 0.15) is 12.3 Å². The van der Waals surface area contributed by atoms with Gasteiger partial charge < -0.3 is 24.3 Å². The molecule has 8 nitrogen and oxygen atoms in total. The van der Waals surface area contributed by atoms with Crippen LogP contribution in [0.3, 0.4) is 0 Å². The van der Waals surface area contributed by atoms with Crippen LogP contribution in [0, 0.1) is 5.92 Å². The molecule has 2 aromatic rings. The van der Waals surface area contributed by atoms with E-state index >= 15 is 0 Å². The number of hydrogen-bond donors (Lipinski definition) is 1. The molecule has 2 fully saturated rings. The molecule has 0 spiro atoms. The lowest BCUT2D eigenvalue weighted by Gasteiger charge is -2.44. The zero-order chi connectivity index (χ0) is 26.2. The van der Waals surface area contributed by atoms with Crippen molar-refractivity contribution in [2.24, 2.45) is 5.92 Å². The van der Waals surface area contributed by atoms with Crippen LogP contribution in [0.15, 0.2) is 24.4 Å². The van der Waals surface area contributed by atoms with Crippen molar-refractivity contribution in [2.45, 2.75) is 77.2 Å². The van der Waals surface area contributed by atoms with Crippen LogP contribution in [0.1, 0.15) is 70.3 Å². The Labute approximate surface area is 219 Å². The molecule has 1 aliphatic carbocycles.